The van der Waals surface area contributed by atoms with Gasteiger partial charge in [0.2, 0.25) is 10.0 Å². The lowest BCUT2D eigenvalue weighted by Gasteiger charge is -2.32. The third kappa shape index (κ3) is 5.77. The van der Waals surface area contributed by atoms with E-state index < -0.39 is 10.0 Å². The largest absolute Gasteiger partial charge is 0.299 e. The van der Waals surface area contributed by atoms with Gasteiger partial charge in [-0.05, 0) is 90.7 Å². The van der Waals surface area contributed by atoms with Crippen LogP contribution in [0.25, 0.3) is 0 Å². The van der Waals surface area contributed by atoms with E-state index in [1.54, 1.807) is 12.1 Å². The van der Waals surface area contributed by atoms with Crippen LogP contribution in [0.1, 0.15) is 24.8 Å². The maximum Gasteiger partial charge on any atom is 0.240 e. The molecular formula is C20H25IN2O2S. The first kappa shape index (κ1) is 19.8. The molecule has 0 aliphatic carbocycles. The Labute approximate surface area is 170 Å². The fourth-order valence-electron chi connectivity index (χ4n) is 3.37. The topological polar surface area (TPSA) is 49.4 Å². The molecule has 0 saturated carbocycles. The van der Waals surface area contributed by atoms with Crippen molar-refractivity contribution in [3.05, 3.63) is 63.7 Å². The Hall–Kier alpha value is -0.960. The van der Waals surface area contributed by atoms with Gasteiger partial charge in [-0.1, -0.05) is 30.3 Å². The minimum absolute atomic E-state index is 0.343. The maximum atomic E-state index is 12.3. The van der Waals surface area contributed by atoms with Gasteiger partial charge < -0.3 is 0 Å². The molecule has 1 fully saturated rings. The molecule has 0 bridgehead atoms. The van der Waals surface area contributed by atoms with Crippen molar-refractivity contribution in [3.8, 4) is 0 Å². The number of hydrogen-bond donors (Lipinski definition) is 1. The second-order valence-electron chi connectivity index (χ2n) is 6.85. The summed E-state index contributed by atoms with van der Waals surface area (Å²) in [4.78, 5) is 2.83. The van der Waals surface area contributed by atoms with E-state index in [0.29, 0.717) is 17.4 Å². The molecule has 1 saturated heterocycles. The smallest absolute Gasteiger partial charge is 0.240 e. The van der Waals surface area contributed by atoms with Crippen molar-refractivity contribution in [1.82, 2.24) is 9.62 Å². The molecule has 0 aromatic heterocycles. The van der Waals surface area contributed by atoms with Crippen LogP contribution in [0, 0.1) is 9.49 Å². The number of hydrogen-bond acceptors (Lipinski definition) is 3. The van der Waals surface area contributed by atoms with Crippen LogP contribution in [-0.4, -0.2) is 33.0 Å². The highest BCUT2D eigenvalue weighted by Gasteiger charge is 2.20. The number of benzene rings is 2. The summed E-state index contributed by atoms with van der Waals surface area (Å²) in [6.45, 7) is 3.69. The minimum Gasteiger partial charge on any atom is -0.299 e. The van der Waals surface area contributed by atoms with Crippen molar-refractivity contribution < 1.29 is 8.42 Å². The molecule has 140 valence electrons. The number of rotatable bonds is 7. The zero-order valence-corrected chi connectivity index (χ0v) is 17.7. The summed E-state index contributed by atoms with van der Waals surface area (Å²) >= 11 is 2.17. The molecular weight excluding hydrogens is 459 g/mol. The van der Waals surface area contributed by atoms with Crippen LogP contribution < -0.4 is 4.72 Å². The maximum absolute atomic E-state index is 12.3. The average molecular weight is 484 g/mol. The van der Waals surface area contributed by atoms with E-state index >= 15 is 0 Å². The quantitative estimate of drug-likeness (QED) is 0.608. The number of sulfonamides is 1. The summed E-state index contributed by atoms with van der Waals surface area (Å²) < 4.78 is 28.4. The third-order valence-electron chi connectivity index (χ3n) is 4.92. The van der Waals surface area contributed by atoms with Gasteiger partial charge in [-0.2, -0.15) is 0 Å². The van der Waals surface area contributed by atoms with E-state index in [1.807, 2.05) is 18.2 Å². The van der Waals surface area contributed by atoms with Gasteiger partial charge in [0.15, 0.2) is 0 Å². The highest BCUT2D eigenvalue weighted by atomic mass is 127. The zero-order chi connectivity index (χ0) is 18.4. The highest BCUT2D eigenvalue weighted by molar-refractivity contribution is 14.1. The predicted molar refractivity (Wildman–Crippen MR) is 113 cm³/mol. The summed E-state index contributed by atoms with van der Waals surface area (Å²) in [5.74, 6) is 0.599. The number of nitrogens with one attached hydrogen (secondary N) is 1. The first-order valence-corrected chi connectivity index (χ1v) is 11.6. The van der Waals surface area contributed by atoms with Crippen LogP contribution in [0.4, 0.5) is 0 Å². The van der Waals surface area contributed by atoms with E-state index in [1.165, 1.54) is 5.56 Å². The van der Waals surface area contributed by atoms with Crippen molar-refractivity contribution in [2.24, 2.45) is 5.92 Å². The van der Waals surface area contributed by atoms with Crippen LogP contribution >= 0.6 is 22.6 Å². The van der Waals surface area contributed by atoms with Gasteiger partial charge in [0.25, 0.3) is 0 Å². The summed E-state index contributed by atoms with van der Waals surface area (Å²) in [5, 5.41) is 0. The lowest BCUT2D eigenvalue weighted by atomic mass is 9.93. The Morgan fingerprint density at radius 1 is 1.00 bits per heavy atom. The monoisotopic (exact) mass is 484 g/mol. The van der Waals surface area contributed by atoms with Crippen LogP contribution in [0.2, 0.25) is 0 Å². The normalized spacial score (nSPS) is 16.7. The molecule has 0 spiro atoms. The molecule has 1 aliphatic heterocycles. The highest BCUT2D eigenvalue weighted by Crippen LogP contribution is 2.22. The van der Waals surface area contributed by atoms with Crippen molar-refractivity contribution >= 4 is 32.6 Å². The van der Waals surface area contributed by atoms with Crippen LogP contribution in [-0.2, 0) is 16.6 Å². The van der Waals surface area contributed by atoms with Gasteiger partial charge in [-0.25, -0.2) is 13.1 Å². The van der Waals surface area contributed by atoms with Crippen molar-refractivity contribution in [3.63, 3.8) is 0 Å². The Morgan fingerprint density at radius 2 is 1.65 bits per heavy atom. The number of nitrogens with zero attached hydrogens (tertiary/aromatic N) is 1. The first-order chi connectivity index (χ1) is 12.5. The SMILES string of the molecule is O=S(=O)(NCCC1CCN(Cc2ccccc2)CC1)c1ccc(I)cc1. The molecule has 1 N–H and O–H groups in total. The molecule has 0 amide bonds. The summed E-state index contributed by atoms with van der Waals surface area (Å²) in [5.41, 5.74) is 1.36. The van der Waals surface area contributed by atoms with Crippen LogP contribution in [0.5, 0.6) is 0 Å². The van der Waals surface area contributed by atoms with Gasteiger partial charge in [0.1, 0.15) is 0 Å². The minimum atomic E-state index is -3.39. The molecule has 2 aromatic carbocycles. The van der Waals surface area contributed by atoms with Gasteiger partial charge in [-0.3, -0.25) is 4.90 Å². The summed E-state index contributed by atoms with van der Waals surface area (Å²) in [6, 6.07) is 17.5. The predicted octanol–water partition coefficient (Wildman–Crippen LogP) is 3.87. The molecule has 1 heterocycles. The van der Waals surface area contributed by atoms with Crippen molar-refractivity contribution in [2.45, 2.75) is 30.7 Å². The molecule has 3 rings (SSSR count). The molecule has 0 unspecified atom stereocenters. The van der Waals surface area contributed by atoms with E-state index in [9.17, 15) is 8.42 Å². The molecule has 0 radical (unpaired) electrons. The van der Waals surface area contributed by atoms with Gasteiger partial charge >= 0.3 is 0 Å². The van der Waals surface area contributed by atoms with Crippen LogP contribution in [0.3, 0.4) is 0 Å². The Balaban J connectivity index is 1.40. The molecule has 26 heavy (non-hydrogen) atoms. The number of halogens is 1. The molecule has 2 aromatic rings. The zero-order valence-electron chi connectivity index (χ0n) is 14.8. The Morgan fingerprint density at radius 3 is 2.31 bits per heavy atom. The lowest BCUT2D eigenvalue weighted by molar-refractivity contribution is 0.173. The molecule has 0 atom stereocenters. The molecule has 6 heteroatoms. The molecule has 4 nitrogen and oxygen atoms in total. The first-order valence-electron chi connectivity index (χ1n) is 9.04. The van der Waals surface area contributed by atoms with E-state index in [-0.39, 0.29) is 0 Å². The summed E-state index contributed by atoms with van der Waals surface area (Å²) in [6.07, 6.45) is 3.18. The fourth-order valence-corrected chi connectivity index (χ4v) is 4.78. The lowest BCUT2D eigenvalue weighted by Crippen LogP contribution is -2.34. The summed E-state index contributed by atoms with van der Waals surface area (Å²) in [7, 11) is -3.39. The Kier molecular flexibility index (Phi) is 7.08. The fraction of sp³-hybridized carbons (Fsp3) is 0.400. The number of piperidine rings is 1. The molecule has 1 aliphatic rings. The third-order valence-corrected chi connectivity index (χ3v) is 7.12. The van der Waals surface area contributed by atoms with E-state index in [4.69, 9.17) is 0 Å². The van der Waals surface area contributed by atoms with E-state index in [0.717, 1.165) is 42.5 Å². The van der Waals surface area contributed by atoms with Gasteiger partial charge in [-0.15, -0.1) is 0 Å². The second-order valence-corrected chi connectivity index (χ2v) is 9.86. The van der Waals surface area contributed by atoms with E-state index in [2.05, 4.69) is 56.5 Å². The van der Waals surface area contributed by atoms with Gasteiger partial charge in [0, 0.05) is 16.7 Å². The van der Waals surface area contributed by atoms with Crippen molar-refractivity contribution in [1.29, 1.82) is 0 Å². The number of likely N-dealkylation sites (tertiary alicyclic amines) is 1. The van der Waals surface area contributed by atoms with Crippen molar-refractivity contribution in [2.75, 3.05) is 19.6 Å². The van der Waals surface area contributed by atoms with Gasteiger partial charge in [0.05, 0.1) is 4.90 Å². The van der Waals surface area contributed by atoms with Crippen LogP contribution in [0.15, 0.2) is 59.5 Å². The Bertz CT molecular complexity index is 786. The standard InChI is InChI=1S/C20H25IN2O2S/c21-19-6-8-20(9-7-19)26(24,25)22-13-10-17-11-14-23(15-12-17)16-18-4-2-1-3-5-18/h1-9,17,22H,10-16H2. The average Bonchev–Trinajstić information content (AvgIpc) is 2.64. The second kappa shape index (κ2) is 9.30.